The van der Waals surface area contributed by atoms with E-state index >= 15 is 0 Å². The van der Waals surface area contributed by atoms with E-state index in [2.05, 4.69) is 5.32 Å². The van der Waals surface area contributed by atoms with Crippen molar-refractivity contribution in [2.45, 2.75) is 25.7 Å². The van der Waals surface area contributed by atoms with Crippen LogP contribution >= 0.6 is 0 Å². The second kappa shape index (κ2) is 12.0. The highest BCUT2D eigenvalue weighted by molar-refractivity contribution is 5.81. The largest absolute Gasteiger partial charge is 0.490 e. The van der Waals surface area contributed by atoms with Gasteiger partial charge >= 0.3 is 17.7 Å². The first-order valence-electron chi connectivity index (χ1n) is 10.5. The lowest BCUT2D eigenvalue weighted by atomic mass is 10.0. The summed E-state index contributed by atoms with van der Waals surface area (Å²) >= 11 is 0. The Kier molecular flexibility index (Phi) is 8.56. The summed E-state index contributed by atoms with van der Waals surface area (Å²) in [5.41, 5.74) is 1.91. The van der Waals surface area contributed by atoms with Crippen molar-refractivity contribution in [1.82, 2.24) is 5.32 Å². The third-order valence-electron chi connectivity index (χ3n) is 4.89. The molecule has 0 bridgehead atoms. The van der Waals surface area contributed by atoms with Gasteiger partial charge in [-0.25, -0.2) is 9.59 Å². The van der Waals surface area contributed by atoms with Crippen molar-refractivity contribution in [1.29, 1.82) is 0 Å². The molecular weight excluding hydrogens is 440 g/mol. The van der Waals surface area contributed by atoms with Crippen molar-refractivity contribution in [2.75, 3.05) is 7.11 Å². The van der Waals surface area contributed by atoms with E-state index in [4.69, 9.17) is 14.2 Å². The topological polar surface area (TPSA) is 117 Å². The average Bonchev–Trinajstić information content (AvgIpc) is 2.86. The molecule has 0 saturated heterocycles. The SMILES string of the molecule is COc1cc(C[C@H](NC(=O)OCc2ccccc2)C(=O)OCc2ccccc2)ccc1[N+](=O)[O-]. The van der Waals surface area contributed by atoms with E-state index in [1.807, 2.05) is 60.7 Å². The fraction of sp³-hybridized carbons (Fsp3) is 0.200. The fourth-order valence-corrected chi connectivity index (χ4v) is 3.17. The molecule has 0 spiro atoms. The van der Waals surface area contributed by atoms with Gasteiger partial charge in [0.1, 0.15) is 19.3 Å². The van der Waals surface area contributed by atoms with Crippen LogP contribution in [0.1, 0.15) is 16.7 Å². The standard InChI is InChI=1S/C25H24N2O7/c1-32-23-15-20(12-13-22(23)27(30)31)14-21(24(28)33-16-18-8-4-2-5-9-18)26-25(29)34-17-19-10-6-3-7-11-19/h2-13,15,21H,14,16-17H2,1H3,(H,26,29)/t21-/m0/s1. The van der Waals surface area contributed by atoms with Crippen LogP contribution in [0.3, 0.4) is 0 Å². The minimum Gasteiger partial charge on any atom is -0.490 e. The number of nitro benzene ring substituents is 1. The summed E-state index contributed by atoms with van der Waals surface area (Å²) in [4.78, 5) is 35.8. The molecule has 0 aliphatic carbocycles. The molecule has 3 aromatic carbocycles. The van der Waals surface area contributed by atoms with Crippen LogP contribution in [-0.4, -0.2) is 30.1 Å². The molecular formula is C25H24N2O7. The number of nitrogens with zero attached hydrogens (tertiary/aromatic N) is 1. The van der Waals surface area contributed by atoms with Crippen molar-refractivity contribution in [3.63, 3.8) is 0 Å². The number of rotatable bonds is 10. The number of methoxy groups -OCH3 is 1. The van der Waals surface area contributed by atoms with E-state index in [1.165, 1.54) is 25.3 Å². The van der Waals surface area contributed by atoms with Gasteiger partial charge in [0.05, 0.1) is 12.0 Å². The zero-order chi connectivity index (χ0) is 24.3. The third kappa shape index (κ3) is 7.06. The highest BCUT2D eigenvalue weighted by Crippen LogP contribution is 2.28. The molecule has 3 aromatic rings. The maximum atomic E-state index is 12.8. The molecule has 0 radical (unpaired) electrons. The molecule has 0 heterocycles. The van der Waals surface area contributed by atoms with Gasteiger partial charge in [-0.1, -0.05) is 66.7 Å². The number of nitrogens with one attached hydrogen (secondary N) is 1. The van der Waals surface area contributed by atoms with Crippen LogP contribution < -0.4 is 10.1 Å². The second-order valence-corrected chi connectivity index (χ2v) is 7.32. The molecule has 0 aliphatic rings. The monoisotopic (exact) mass is 464 g/mol. The smallest absolute Gasteiger partial charge is 0.408 e. The summed E-state index contributed by atoms with van der Waals surface area (Å²) in [5.74, 6) is -0.622. The predicted octanol–water partition coefficient (Wildman–Crippen LogP) is 4.18. The number of esters is 1. The highest BCUT2D eigenvalue weighted by atomic mass is 16.6. The first-order valence-corrected chi connectivity index (χ1v) is 10.5. The van der Waals surface area contributed by atoms with E-state index in [-0.39, 0.29) is 31.1 Å². The molecule has 0 fully saturated rings. The van der Waals surface area contributed by atoms with Gasteiger partial charge in [0.2, 0.25) is 0 Å². The highest BCUT2D eigenvalue weighted by Gasteiger charge is 2.25. The summed E-state index contributed by atoms with van der Waals surface area (Å²) in [5, 5.41) is 13.7. The zero-order valence-electron chi connectivity index (χ0n) is 18.5. The number of hydrogen-bond donors (Lipinski definition) is 1. The lowest BCUT2D eigenvalue weighted by Crippen LogP contribution is -2.43. The molecule has 1 atom stereocenters. The minimum absolute atomic E-state index is 0.0163. The van der Waals surface area contributed by atoms with Gasteiger partial charge in [0.25, 0.3) is 0 Å². The van der Waals surface area contributed by atoms with Crippen LogP contribution in [0, 0.1) is 10.1 Å². The Balaban J connectivity index is 1.71. The van der Waals surface area contributed by atoms with E-state index in [1.54, 1.807) is 0 Å². The van der Waals surface area contributed by atoms with Gasteiger partial charge in [-0.15, -0.1) is 0 Å². The van der Waals surface area contributed by atoms with Crippen molar-refractivity contribution < 1.29 is 28.7 Å². The molecule has 9 nitrogen and oxygen atoms in total. The van der Waals surface area contributed by atoms with E-state index in [9.17, 15) is 19.7 Å². The Hall–Kier alpha value is -4.40. The van der Waals surface area contributed by atoms with E-state index in [0.717, 1.165) is 11.1 Å². The summed E-state index contributed by atoms with van der Waals surface area (Å²) in [6.07, 6.45) is -0.776. The van der Waals surface area contributed by atoms with E-state index in [0.29, 0.717) is 5.56 Å². The van der Waals surface area contributed by atoms with Crippen LogP contribution in [0.4, 0.5) is 10.5 Å². The summed E-state index contributed by atoms with van der Waals surface area (Å²) in [6.45, 7) is 0.0598. The Morgan fingerprint density at radius 1 is 0.882 bits per heavy atom. The number of alkyl carbamates (subject to hydrolysis) is 1. The number of ether oxygens (including phenoxy) is 3. The Morgan fingerprint density at radius 2 is 1.47 bits per heavy atom. The minimum atomic E-state index is -1.09. The summed E-state index contributed by atoms with van der Waals surface area (Å²) < 4.78 is 15.7. The Labute approximate surface area is 196 Å². The zero-order valence-corrected chi connectivity index (χ0v) is 18.5. The van der Waals surface area contributed by atoms with Gasteiger partial charge in [-0.3, -0.25) is 10.1 Å². The average molecular weight is 464 g/mol. The van der Waals surface area contributed by atoms with Crippen molar-refractivity contribution >= 4 is 17.7 Å². The van der Waals surface area contributed by atoms with Crippen LogP contribution in [0.25, 0.3) is 0 Å². The molecule has 0 aliphatic heterocycles. The molecule has 1 N–H and O–H groups in total. The predicted molar refractivity (Wildman–Crippen MR) is 123 cm³/mol. The fourth-order valence-electron chi connectivity index (χ4n) is 3.17. The number of hydrogen-bond acceptors (Lipinski definition) is 7. The first kappa shape index (κ1) is 24.2. The van der Waals surface area contributed by atoms with Crippen LogP contribution in [0.15, 0.2) is 78.9 Å². The number of amides is 1. The van der Waals surface area contributed by atoms with Crippen molar-refractivity contribution in [2.24, 2.45) is 0 Å². The second-order valence-electron chi connectivity index (χ2n) is 7.32. The van der Waals surface area contributed by atoms with Crippen LogP contribution in [0.5, 0.6) is 5.75 Å². The van der Waals surface area contributed by atoms with Gasteiger partial charge in [-0.2, -0.15) is 0 Å². The van der Waals surface area contributed by atoms with Gasteiger partial charge in [-0.05, 0) is 22.8 Å². The quantitative estimate of drug-likeness (QED) is 0.272. The van der Waals surface area contributed by atoms with Crippen LogP contribution in [-0.2, 0) is 33.9 Å². The number of carbonyl (C=O) groups is 2. The van der Waals surface area contributed by atoms with Crippen molar-refractivity contribution in [3.8, 4) is 5.75 Å². The van der Waals surface area contributed by atoms with E-state index < -0.39 is 23.0 Å². The Morgan fingerprint density at radius 3 is 2.03 bits per heavy atom. The maximum absolute atomic E-state index is 12.8. The number of carbonyl (C=O) groups excluding carboxylic acids is 2. The molecule has 0 aromatic heterocycles. The molecule has 0 unspecified atom stereocenters. The summed E-state index contributed by atoms with van der Waals surface area (Å²) in [6, 6.07) is 21.4. The maximum Gasteiger partial charge on any atom is 0.408 e. The number of nitro groups is 1. The van der Waals surface area contributed by atoms with Gasteiger partial charge < -0.3 is 19.5 Å². The molecule has 34 heavy (non-hydrogen) atoms. The lowest BCUT2D eigenvalue weighted by Gasteiger charge is -2.18. The molecule has 176 valence electrons. The third-order valence-corrected chi connectivity index (χ3v) is 4.89. The van der Waals surface area contributed by atoms with Crippen molar-refractivity contribution in [3.05, 3.63) is 106 Å². The Bertz CT molecular complexity index is 1120. The van der Waals surface area contributed by atoms with Crippen LogP contribution in [0.2, 0.25) is 0 Å². The normalized spacial score (nSPS) is 11.2. The molecule has 0 saturated carbocycles. The van der Waals surface area contributed by atoms with Gasteiger partial charge in [0, 0.05) is 12.5 Å². The van der Waals surface area contributed by atoms with Gasteiger partial charge in [0.15, 0.2) is 5.75 Å². The summed E-state index contributed by atoms with van der Waals surface area (Å²) in [7, 11) is 1.32. The molecule has 9 heteroatoms. The molecule has 3 rings (SSSR count). The lowest BCUT2D eigenvalue weighted by molar-refractivity contribution is -0.385. The molecule has 1 amide bonds. The number of benzene rings is 3. The first-order chi connectivity index (χ1) is 16.5.